The second-order valence-corrected chi connectivity index (χ2v) is 5.28. The van der Waals surface area contributed by atoms with Crippen LogP contribution in [-0.4, -0.2) is 41.3 Å². The molecule has 0 spiro atoms. The molecule has 1 aliphatic rings. The Morgan fingerprint density at radius 1 is 1.43 bits per heavy atom. The van der Waals surface area contributed by atoms with Crippen LogP contribution in [0.2, 0.25) is 0 Å². The topological polar surface area (TPSA) is 91.2 Å². The van der Waals surface area contributed by atoms with E-state index in [9.17, 15) is 9.59 Å². The molecule has 0 bridgehead atoms. The smallest absolute Gasteiger partial charge is 0.256 e. The molecule has 2 amide bonds. The third kappa shape index (κ3) is 2.22. The van der Waals surface area contributed by atoms with Crippen molar-refractivity contribution in [2.45, 2.75) is 18.9 Å². The zero-order valence-electron chi connectivity index (χ0n) is 11.8. The van der Waals surface area contributed by atoms with Crippen molar-refractivity contribution in [2.24, 2.45) is 0 Å². The highest BCUT2D eigenvalue weighted by Gasteiger charge is 2.34. The summed E-state index contributed by atoms with van der Waals surface area (Å²) in [6.45, 7) is 0.610. The van der Waals surface area contributed by atoms with E-state index in [4.69, 9.17) is 5.73 Å². The van der Waals surface area contributed by atoms with E-state index in [0.29, 0.717) is 24.2 Å². The van der Waals surface area contributed by atoms with Gasteiger partial charge in [-0.2, -0.15) is 0 Å². The number of hydrogen-bond acceptors (Lipinski definition) is 3. The number of nitrogens with two attached hydrogens (primary N) is 1. The number of carbonyl (C=O) groups excluding carboxylic acids is 2. The molecule has 2 heterocycles. The Kier molecular flexibility index (Phi) is 3.29. The maximum atomic E-state index is 12.7. The molecular weight excluding hydrogens is 268 g/mol. The monoisotopic (exact) mass is 286 g/mol. The summed E-state index contributed by atoms with van der Waals surface area (Å²) in [6, 6.07) is 5.03. The largest absolute Gasteiger partial charge is 0.399 e. The first kappa shape index (κ1) is 13.5. The molecule has 0 aliphatic carbocycles. The van der Waals surface area contributed by atoms with Crippen molar-refractivity contribution in [3.05, 3.63) is 30.0 Å². The van der Waals surface area contributed by atoms with Crippen molar-refractivity contribution < 1.29 is 9.59 Å². The number of fused-ring (bicyclic) bond motifs is 1. The number of nitrogens with zero attached hydrogens (tertiary/aromatic N) is 1. The predicted octanol–water partition coefficient (Wildman–Crippen LogP) is 1.10. The highest BCUT2D eigenvalue weighted by atomic mass is 16.2. The standard InChI is InChI=1S/C15H18N4O2/c1-17-14(20)13-3-2-6-19(13)15(21)11-8-18-12-7-9(16)4-5-10(11)12/h4-5,7-8,13,18H,2-3,6,16H2,1H3,(H,17,20). The molecule has 6 heteroatoms. The van der Waals surface area contributed by atoms with Gasteiger partial charge in [0.2, 0.25) is 5.91 Å². The van der Waals surface area contributed by atoms with Crippen LogP contribution in [-0.2, 0) is 4.79 Å². The predicted molar refractivity (Wildman–Crippen MR) is 80.8 cm³/mol. The van der Waals surface area contributed by atoms with E-state index >= 15 is 0 Å². The van der Waals surface area contributed by atoms with Crippen LogP contribution in [0.25, 0.3) is 10.9 Å². The number of carbonyl (C=O) groups is 2. The summed E-state index contributed by atoms with van der Waals surface area (Å²) in [4.78, 5) is 29.3. The van der Waals surface area contributed by atoms with Gasteiger partial charge in [0.25, 0.3) is 5.91 Å². The van der Waals surface area contributed by atoms with Gasteiger partial charge in [-0.1, -0.05) is 0 Å². The van der Waals surface area contributed by atoms with Crippen molar-refractivity contribution >= 4 is 28.4 Å². The number of aromatic amines is 1. The van der Waals surface area contributed by atoms with E-state index in [1.807, 2.05) is 6.07 Å². The average Bonchev–Trinajstić information content (AvgIpc) is 3.11. The van der Waals surface area contributed by atoms with E-state index in [2.05, 4.69) is 10.3 Å². The van der Waals surface area contributed by atoms with E-state index < -0.39 is 0 Å². The lowest BCUT2D eigenvalue weighted by Crippen LogP contribution is -2.44. The number of hydrogen-bond donors (Lipinski definition) is 3. The molecular formula is C15H18N4O2. The minimum Gasteiger partial charge on any atom is -0.399 e. The first-order valence-electron chi connectivity index (χ1n) is 7.01. The molecule has 1 unspecified atom stereocenters. The van der Waals surface area contributed by atoms with Gasteiger partial charge < -0.3 is 20.9 Å². The minimum atomic E-state index is -0.374. The summed E-state index contributed by atoms with van der Waals surface area (Å²) in [7, 11) is 1.60. The average molecular weight is 286 g/mol. The minimum absolute atomic E-state index is 0.107. The number of likely N-dealkylation sites (tertiary alicyclic amines) is 1. The Morgan fingerprint density at radius 2 is 2.24 bits per heavy atom. The summed E-state index contributed by atoms with van der Waals surface area (Å²) >= 11 is 0. The van der Waals surface area contributed by atoms with Crippen molar-refractivity contribution in [3.8, 4) is 0 Å². The van der Waals surface area contributed by atoms with Crippen LogP contribution in [0.1, 0.15) is 23.2 Å². The van der Waals surface area contributed by atoms with Gasteiger partial charge in [-0.15, -0.1) is 0 Å². The Balaban J connectivity index is 1.95. The van der Waals surface area contributed by atoms with Crippen molar-refractivity contribution in [2.75, 3.05) is 19.3 Å². The molecule has 110 valence electrons. The summed E-state index contributed by atoms with van der Waals surface area (Å²) < 4.78 is 0. The van der Waals surface area contributed by atoms with Crippen LogP contribution in [0.5, 0.6) is 0 Å². The SMILES string of the molecule is CNC(=O)C1CCCN1C(=O)c1c[nH]c2cc(N)ccc12. The van der Waals surface area contributed by atoms with Gasteiger partial charge in [0, 0.05) is 36.4 Å². The highest BCUT2D eigenvalue weighted by Crippen LogP contribution is 2.25. The fraction of sp³-hybridized carbons (Fsp3) is 0.333. The van der Waals surface area contributed by atoms with Gasteiger partial charge in [-0.05, 0) is 31.0 Å². The molecule has 1 aliphatic heterocycles. The Hall–Kier alpha value is -2.50. The molecule has 3 rings (SSSR count). The number of nitrogens with one attached hydrogen (secondary N) is 2. The van der Waals surface area contributed by atoms with Crippen LogP contribution in [0, 0.1) is 0 Å². The lowest BCUT2D eigenvalue weighted by atomic mass is 10.1. The van der Waals surface area contributed by atoms with Crippen molar-refractivity contribution in [3.63, 3.8) is 0 Å². The molecule has 1 aromatic carbocycles. The zero-order valence-corrected chi connectivity index (χ0v) is 11.8. The van der Waals surface area contributed by atoms with Gasteiger partial charge in [0.15, 0.2) is 0 Å². The van der Waals surface area contributed by atoms with Crippen LogP contribution in [0.3, 0.4) is 0 Å². The quantitative estimate of drug-likeness (QED) is 0.722. The van der Waals surface area contributed by atoms with Crippen LogP contribution < -0.4 is 11.1 Å². The van der Waals surface area contributed by atoms with Gasteiger partial charge in [0.05, 0.1) is 5.56 Å². The van der Waals surface area contributed by atoms with Gasteiger partial charge >= 0.3 is 0 Å². The molecule has 1 aromatic heterocycles. The maximum Gasteiger partial charge on any atom is 0.256 e. The molecule has 6 nitrogen and oxygen atoms in total. The number of anilines is 1. The van der Waals surface area contributed by atoms with Gasteiger partial charge in [-0.25, -0.2) is 0 Å². The first-order valence-corrected chi connectivity index (χ1v) is 7.01. The summed E-state index contributed by atoms with van der Waals surface area (Å²) in [5.74, 6) is -0.220. The Morgan fingerprint density at radius 3 is 3.00 bits per heavy atom. The number of amides is 2. The summed E-state index contributed by atoms with van der Waals surface area (Å²) in [5, 5.41) is 3.45. The Labute approximate surface area is 122 Å². The molecule has 1 saturated heterocycles. The zero-order chi connectivity index (χ0) is 15.0. The molecule has 4 N–H and O–H groups in total. The van der Waals surface area contributed by atoms with Crippen LogP contribution >= 0.6 is 0 Å². The lowest BCUT2D eigenvalue weighted by Gasteiger charge is -2.23. The van der Waals surface area contributed by atoms with E-state index in [1.165, 1.54) is 0 Å². The van der Waals surface area contributed by atoms with Crippen LogP contribution in [0.15, 0.2) is 24.4 Å². The number of H-pyrrole nitrogens is 1. The highest BCUT2D eigenvalue weighted by molar-refractivity contribution is 6.08. The number of rotatable bonds is 2. The van der Waals surface area contributed by atoms with E-state index in [-0.39, 0.29) is 17.9 Å². The molecule has 0 radical (unpaired) electrons. The molecule has 0 saturated carbocycles. The van der Waals surface area contributed by atoms with Gasteiger partial charge in [-0.3, -0.25) is 9.59 Å². The number of aromatic nitrogens is 1. The van der Waals surface area contributed by atoms with Crippen LogP contribution in [0.4, 0.5) is 5.69 Å². The van der Waals surface area contributed by atoms with E-state index in [1.54, 1.807) is 30.3 Å². The third-order valence-electron chi connectivity index (χ3n) is 4.00. The van der Waals surface area contributed by atoms with Crippen molar-refractivity contribution in [1.29, 1.82) is 0 Å². The third-order valence-corrected chi connectivity index (χ3v) is 4.00. The number of nitrogen functional groups attached to an aromatic ring is 1. The number of benzene rings is 1. The summed E-state index contributed by atoms with van der Waals surface area (Å²) in [5.41, 5.74) is 7.80. The Bertz CT molecular complexity index is 707. The number of likely N-dealkylation sites (N-methyl/N-ethyl adjacent to an activating group) is 1. The summed E-state index contributed by atoms with van der Waals surface area (Å²) in [6.07, 6.45) is 3.24. The fourth-order valence-electron chi connectivity index (χ4n) is 2.92. The van der Waals surface area contributed by atoms with E-state index in [0.717, 1.165) is 17.3 Å². The maximum absolute atomic E-state index is 12.7. The molecule has 1 fully saturated rings. The molecule has 2 aromatic rings. The molecule has 21 heavy (non-hydrogen) atoms. The fourth-order valence-corrected chi connectivity index (χ4v) is 2.92. The van der Waals surface area contributed by atoms with Gasteiger partial charge in [0.1, 0.15) is 6.04 Å². The molecule has 1 atom stereocenters. The second-order valence-electron chi connectivity index (χ2n) is 5.28. The normalized spacial score (nSPS) is 18.1. The first-order chi connectivity index (χ1) is 10.1. The second kappa shape index (κ2) is 5.12. The van der Waals surface area contributed by atoms with Crippen molar-refractivity contribution in [1.82, 2.24) is 15.2 Å². The lowest BCUT2D eigenvalue weighted by molar-refractivity contribution is -0.124.